The SMILES string of the molecule is CN(C)C(=O)CN(Cc1ccccc1)C(=O)c1cccn1C. The minimum atomic E-state index is -0.147. The van der Waals surface area contributed by atoms with Gasteiger partial charge in [-0.3, -0.25) is 9.59 Å². The van der Waals surface area contributed by atoms with Gasteiger partial charge in [0.1, 0.15) is 12.2 Å². The predicted octanol–water partition coefficient (Wildman–Crippen LogP) is 1.76. The van der Waals surface area contributed by atoms with Crippen molar-refractivity contribution in [1.29, 1.82) is 0 Å². The van der Waals surface area contributed by atoms with Gasteiger partial charge in [-0.15, -0.1) is 0 Å². The highest BCUT2D eigenvalue weighted by molar-refractivity contribution is 5.95. The number of rotatable bonds is 5. The molecule has 5 nitrogen and oxygen atoms in total. The summed E-state index contributed by atoms with van der Waals surface area (Å²) in [6.07, 6.45) is 1.82. The van der Waals surface area contributed by atoms with Gasteiger partial charge in [-0.25, -0.2) is 0 Å². The molecule has 0 radical (unpaired) electrons. The van der Waals surface area contributed by atoms with E-state index in [0.717, 1.165) is 5.56 Å². The van der Waals surface area contributed by atoms with Crippen molar-refractivity contribution in [2.45, 2.75) is 6.54 Å². The Hall–Kier alpha value is -2.56. The lowest BCUT2D eigenvalue weighted by atomic mass is 10.2. The Morgan fingerprint density at radius 3 is 2.27 bits per heavy atom. The molecule has 2 amide bonds. The first kappa shape index (κ1) is 15.8. The van der Waals surface area contributed by atoms with E-state index < -0.39 is 0 Å². The maximum absolute atomic E-state index is 12.7. The third-order valence-corrected chi connectivity index (χ3v) is 3.49. The molecule has 1 aromatic carbocycles. The van der Waals surface area contributed by atoms with Crippen LogP contribution < -0.4 is 0 Å². The Morgan fingerprint density at radius 1 is 1.05 bits per heavy atom. The topological polar surface area (TPSA) is 45.6 Å². The number of likely N-dealkylation sites (N-methyl/N-ethyl adjacent to an activating group) is 1. The molecule has 0 atom stereocenters. The molecule has 22 heavy (non-hydrogen) atoms. The molecule has 0 saturated carbocycles. The Kier molecular flexibility index (Phi) is 4.99. The number of benzene rings is 1. The van der Waals surface area contributed by atoms with Crippen LogP contribution in [0.3, 0.4) is 0 Å². The van der Waals surface area contributed by atoms with Crippen LogP contribution in [0.2, 0.25) is 0 Å². The van der Waals surface area contributed by atoms with Crippen molar-refractivity contribution in [3.63, 3.8) is 0 Å². The number of hydrogen-bond acceptors (Lipinski definition) is 2. The summed E-state index contributed by atoms with van der Waals surface area (Å²) in [7, 11) is 5.20. The number of amides is 2. The monoisotopic (exact) mass is 299 g/mol. The zero-order chi connectivity index (χ0) is 16.1. The highest BCUT2D eigenvalue weighted by atomic mass is 16.2. The molecule has 0 spiro atoms. The number of nitrogens with zero attached hydrogens (tertiary/aromatic N) is 3. The highest BCUT2D eigenvalue weighted by Gasteiger charge is 2.21. The third-order valence-electron chi connectivity index (χ3n) is 3.49. The van der Waals surface area contributed by atoms with Crippen molar-refractivity contribution in [1.82, 2.24) is 14.4 Å². The van der Waals surface area contributed by atoms with E-state index in [1.54, 1.807) is 29.6 Å². The van der Waals surface area contributed by atoms with Crippen molar-refractivity contribution in [3.8, 4) is 0 Å². The van der Waals surface area contributed by atoms with Gasteiger partial charge in [0.15, 0.2) is 0 Å². The molecule has 1 aromatic heterocycles. The first-order valence-corrected chi connectivity index (χ1v) is 7.13. The maximum Gasteiger partial charge on any atom is 0.271 e. The molecular formula is C17H21N3O2. The number of carbonyl (C=O) groups is 2. The van der Waals surface area contributed by atoms with Crippen molar-refractivity contribution < 1.29 is 9.59 Å². The normalized spacial score (nSPS) is 10.3. The van der Waals surface area contributed by atoms with E-state index in [0.29, 0.717) is 12.2 Å². The molecular weight excluding hydrogens is 278 g/mol. The zero-order valence-electron chi connectivity index (χ0n) is 13.2. The fraction of sp³-hybridized carbons (Fsp3) is 0.294. The van der Waals surface area contributed by atoms with E-state index in [9.17, 15) is 9.59 Å². The van der Waals surface area contributed by atoms with Crippen molar-refractivity contribution in [2.75, 3.05) is 20.6 Å². The Bertz CT molecular complexity index is 647. The van der Waals surface area contributed by atoms with Gasteiger partial charge in [-0.1, -0.05) is 30.3 Å². The first-order valence-electron chi connectivity index (χ1n) is 7.13. The second kappa shape index (κ2) is 6.93. The van der Waals surface area contributed by atoms with E-state index >= 15 is 0 Å². The summed E-state index contributed by atoms with van der Waals surface area (Å²) < 4.78 is 1.76. The molecule has 1 heterocycles. The van der Waals surface area contributed by atoms with Crippen LogP contribution in [0.1, 0.15) is 16.1 Å². The van der Waals surface area contributed by atoms with Crippen LogP contribution in [0.4, 0.5) is 0 Å². The molecule has 0 aliphatic heterocycles. The Morgan fingerprint density at radius 2 is 1.73 bits per heavy atom. The lowest BCUT2D eigenvalue weighted by molar-refractivity contribution is -0.129. The quantitative estimate of drug-likeness (QED) is 0.844. The van der Waals surface area contributed by atoms with Gasteiger partial charge in [0.25, 0.3) is 5.91 Å². The van der Waals surface area contributed by atoms with Gasteiger partial charge in [-0.05, 0) is 17.7 Å². The van der Waals surface area contributed by atoms with Gasteiger partial charge in [0.2, 0.25) is 5.91 Å². The number of aromatic nitrogens is 1. The average Bonchev–Trinajstić information content (AvgIpc) is 2.92. The minimum absolute atomic E-state index is 0.0614. The zero-order valence-corrected chi connectivity index (χ0v) is 13.2. The molecule has 0 N–H and O–H groups in total. The van der Waals surface area contributed by atoms with E-state index in [2.05, 4.69) is 0 Å². The molecule has 2 rings (SSSR count). The summed E-state index contributed by atoms with van der Waals surface area (Å²) in [5, 5.41) is 0. The van der Waals surface area contributed by atoms with Gasteiger partial charge in [0, 0.05) is 33.9 Å². The standard InChI is InChI=1S/C17H21N3O2/c1-18(2)16(21)13-20(12-14-8-5-4-6-9-14)17(22)15-10-7-11-19(15)3/h4-11H,12-13H2,1-3H3. The van der Waals surface area contributed by atoms with Crippen LogP contribution in [0, 0.1) is 0 Å². The van der Waals surface area contributed by atoms with Crippen molar-refractivity contribution in [2.24, 2.45) is 7.05 Å². The van der Waals surface area contributed by atoms with E-state index in [1.165, 1.54) is 4.90 Å². The van der Waals surface area contributed by atoms with Gasteiger partial charge in [-0.2, -0.15) is 0 Å². The molecule has 0 fully saturated rings. The summed E-state index contributed by atoms with van der Waals surface area (Å²) in [5.74, 6) is -0.245. The second-order valence-corrected chi connectivity index (χ2v) is 5.44. The first-order chi connectivity index (χ1) is 10.5. The summed E-state index contributed by atoms with van der Waals surface area (Å²) in [4.78, 5) is 27.8. The van der Waals surface area contributed by atoms with Crippen LogP contribution in [-0.4, -0.2) is 46.8 Å². The molecule has 2 aromatic rings. The number of hydrogen-bond donors (Lipinski definition) is 0. The van der Waals surface area contributed by atoms with Crippen LogP contribution >= 0.6 is 0 Å². The van der Waals surface area contributed by atoms with Gasteiger partial charge >= 0.3 is 0 Å². The average molecular weight is 299 g/mol. The molecule has 0 aliphatic carbocycles. The van der Waals surface area contributed by atoms with Crippen LogP contribution in [0.15, 0.2) is 48.7 Å². The van der Waals surface area contributed by atoms with Crippen molar-refractivity contribution >= 4 is 11.8 Å². The molecule has 0 bridgehead atoms. The molecule has 116 valence electrons. The lowest BCUT2D eigenvalue weighted by Crippen LogP contribution is -2.40. The molecule has 0 saturated heterocycles. The second-order valence-electron chi connectivity index (χ2n) is 5.44. The summed E-state index contributed by atoms with van der Waals surface area (Å²) in [5.41, 5.74) is 1.57. The maximum atomic E-state index is 12.7. The fourth-order valence-corrected chi connectivity index (χ4v) is 2.15. The molecule has 0 unspecified atom stereocenters. The molecule has 0 aliphatic rings. The van der Waals surface area contributed by atoms with E-state index in [-0.39, 0.29) is 18.4 Å². The van der Waals surface area contributed by atoms with Crippen LogP contribution in [0.5, 0.6) is 0 Å². The Labute approximate surface area is 130 Å². The van der Waals surface area contributed by atoms with Gasteiger partial charge < -0.3 is 14.4 Å². The highest BCUT2D eigenvalue weighted by Crippen LogP contribution is 2.10. The number of carbonyl (C=O) groups excluding carboxylic acids is 2. The minimum Gasteiger partial charge on any atom is -0.347 e. The largest absolute Gasteiger partial charge is 0.347 e. The third kappa shape index (κ3) is 3.75. The molecule has 5 heteroatoms. The predicted molar refractivity (Wildman–Crippen MR) is 85.3 cm³/mol. The summed E-state index contributed by atoms with van der Waals surface area (Å²) in [6.45, 7) is 0.469. The van der Waals surface area contributed by atoms with E-state index in [1.807, 2.05) is 49.6 Å². The van der Waals surface area contributed by atoms with Gasteiger partial charge in [0.05, 0.1) is 0 Å². The van der Waals surface area contributed by atoms with E-state index in [4.69, 9.17) is 0 Å². The van der Waals surface area contributed by atoms with Crippen LogP contribution in [-0.2, 0) is 18.4 Å². The summed E-state index contributed by atoms with van der Waals surface area (Å²) in [6, 6.07) is 13.3. The van der Waals surface area contributed by atoms with Crippen molar-refractivity contribution in [3.05, 3.63) is 59.9 Å². The van der Waals surface area contributed by atoms with Crippen LogP contribution in [0.25, 0.3) is 0 Å². The fourth-order valence-electron chi connectivity index (χ4n) is 2.15. The summed E-state index contributed by atoms with van der Waals surface area (Å²) >= 11 is 0. The Balaban J connectivity index is 2.23. The number of aryl methyl sites for hydroxylation is 1. The smallest absolute Gasteiger partial charge is 0.271 e. The lowest BCUT2D eigenvalue weighted by Gasteiger charge is -2.24.